The van der Waals surface area contributed by atoms with E-state index in [9.17, 15) is 0 Å². The Labute approximate surface area is 94.3 Å². The summed E-state index contributed by atoms with van der Waals surface area (Å²) in [6.07, 6.45) is 11.4. The van der Waals surface area contributed by atoms with Gasteiger partial charge in [-0.2, -0.15) is 5.26 Å². The van der Waals surface area contributed by atoms with Gasteiger partial charge in [-0.3, -0.25) is 0 Å². The fourth-order valence-electron chi connectivity index (χ4n) is 1.71. The zero-order valence-corrected chi connectivity index (χ0v) is 10.0. The molecular weight excluding hydrogens is 186 g/mol. The van der Waals surface area contributed by atoms with Gasteiger partial charge in [0, 0.05) is 0 Å². The third kappa shape index (κ3) is 11.4. The van der Waals surface area contributed by atoms with Crippen LogP contribution < -0.4 is 0 Å². The Kier molecular flexibility index (Phi) is 11.1. The highest BCUT2D eigenvalue weighted by Gasteiger charge is 1.99. The number of aliphatic hydroxyl groups is 1. The van der Waals surface area contributed by atoms with Gasteiger partial charge in [-0.25, -0.2) is 0 Å². The van der Waals surface area contributed by atoms with Gasteiger partial charge in [0.05, 0.1) is 6.07 Å². The second-order valence-corrected chi connectivity index (χ2v) is 4.26. The molecule has 0 fully saturated rings. The van der Waals surface area contributed by atoms with Crippen LogP contribution in [0.25, 0.3) is 0 Å². The lowest BCUT2D eigenvalue weighted by atomic mass is 10.1. The molecule has 1 atom stereocenters. The zero-order valence-electron chi connectivity index (χ0n) is 10.0. The summed E-state index contributed by atoms with van der Waals surface area (Å²) in [7, 11) is 0. The maximum atomic E-state index is 9.00. The van der Waals surface area contributed by atoms with Crippen LogP contribution in [0.2, 0.25) is 0 Å². The first-order chi connectivity index (χ1) is 7.31. The van der Waals surface area contributed by atoms with Crippen molar-refractivity contribution in [1.29, 1.82) is 5.26 Å². The molecule has 0 aromatic carbocycles. The number of aliphatic hydroxyl groups excluding tert-OH is 1. The molecular formula is C13H25NO. The third-order valence-electron chi connectivity index (χ3n) is 2.73. The van der Waals surface area contributed by atoms with Gasteiger partial charge >= 0.3 is 0 Å². The predicted octanol–water partition coefficient (Wildman–Crippen LogP) is 3.79. The summed E-state index contributed by atoms with van der Waals surface area (Å²) in [5.74, 6) is 0. The molecule has 0 bridgehead atoms. The van der Waals surface area contributed by atoms with Crippen LogP contribution in [-0.4, -0.2) is 11.2 Å². The lowest BCUT2D eigenvalue weighted by Gasteiger charge is -2.02. The van der Waals surface area contributed by atoms with Crippen LogP contribution in [0.3, 0.4) is 0 Å². The van der Waals surface area contributed by atoms with Crippen LogP contribution >= 0.6 is 0 Å². The van der Waals surface area contributed by atoms with Gasteiger partial charge in [0.2, 0.25) is 0 Å². The molecule has 2 heteroatoms. The molecule has 2 nitrogen and oxygen atoms in total. The van der Waals surface area contributed by atoms with Gasteiger partial charge in [-0.15, -0.1) is 0 Å². The Morgan fingerprint density at radius 3 is 1.87 bits per heavy atom. The number of hydrogen-bond acceptors (Lipinski definition) is 2. The van der Waals surface area contributed by atoms with E-state index in [1.807, 2.05) is 6.07 Å². The highest BCUT2D eigenvalue weighted by molar-refractivity contribution is 4.81. The Hall–Kier alpha value is -0.550. The molecule has 0 aromatic rings. The highest BCUT2D eigenvalue weighted by Crippen LogP contribution is 2.11. The molecule has 0 aromatic heterocycles. The molecule has 0 aliphatic heterocycles. The molecule has 0 aliphatic carbocycles. The summed E-state index contributed by atoms with van der Waals surface area (Å²) < 4.78 is 0. The van der Waals surface area contributed by atoms with Crippen LogP contribution in [0.1, 0.15) is 71.1 Å². The number of hydrogen-bond donors (Lipinski definition) is 1. The fraction of sp³-hybridized carbons (Fsp3) is 0.923. The summed E-state index contributed by atoms with van der Waals surface area (Å²) >= 11 is 0. The SMILES string of the molecule is CCCCCCCCCCC[C@@H](O)C#N. The van der Waals surface area contributed by atoms with E-state index in [0.29, 0.717) is 6.42 Å². The lowest BCUT2D eigenvalue weighted by molar-refractivity contribution is 0.215. The van der Waals surface area contributed by atoms with Gasteiger partial charge in [0.15, 0.2) is 0 Å². The minimum Gasteiger partial charge on any atom is -0.378 e. The Morgan fingerprint density at radius 1 is 0.933 bits per heavy atom. The van der Waals surface area contributed by atoms with Crippen molar-refractivity contribution in [1.82, 2.24) is 0 Å². The molecule has 0 spiro atoms. The summed E-state index contributed by atoms with van der Waals surface area (Å²) in [6, 6.07) is 1.85. The first-order valence-electron chi connectivity index (χ1n) is 6.39. The Morgan fingerprint density at radius 2 is 1.40 bits per heavy atom. The molecule has 0 radical (unpaired) electrons. The molecule has 1 N–H and O–H groups in total. The van der Waals surface area contributed by atoms with Gasteiger partial charge in [0.25, 0.3) is 0 Å². The standard InChI is InChI=1S/C13H25NO/c1-2-3-4-5-6-7-8-9-10-11-13(15)12-14/h13,15H,2-11H2,1H3/t13-/m1/s1. The molecule has 0 aliphatic rings. The summed E-state index contributed by atoms with van der Waals surface area (Å²) in [6.45, 7) is 2.24. The molecule has 0 unspecified atom stereocenters. The molecule has 0 rings (SSSR count). The molecule has 88 valence electrons. The number of unbranched alkanes of at least 4 members (excludes halogenated alkanes) is 8. The largest absolute Gasteiger partial charge is 0.378 e. The average Bonchev–Trinajstić information content (AvgIpc) is 2.26. The van der Waals surface area contributed by atoms with Crippen molar-refractivity contribution >= 4 is 0 Å². The third-order valence-corrected chi connectivity index (χ3v) is 2.73. The van der Waals surface area contributed by atoms with E-state index in [4.69, 9.17) is 10.4 Å². The monoisotopic (exact) mass is 211 g/mol. The summed E-state index contributed by atoms with van der Waals surface area (Å²) in [4.78, 5) is 0. The summed E-state index contributed by atoms with van der Waals surface area (Å²) in [5, 5.41) is 17.4. The van der Waals surface area contributed by atoms with E-state index < -0.39 is 6.10 Å². The van der Waals surface area contributed by atoms with E-state index in [1.54, 1.807) is 0 Å². The Bertz CT molecular complexity index is 162. The van der Waals surface area contributed by atoms with E-state index in [2.05, 4.69) is 6.92 Å². The minimum atomic E-state index is -0.741. The van der Waals surface area contributed by atoms with E-state index in [0.717, 1.165) is 12.8 Å². The van der Waals surface area contributed by atoms with Crippen molar-refractivity contribution in [2.75, 3.05) is 0 Å². The predicted molar refractivity (Wildman–Crippen MR) is 63.5 cm³/mol. The number of nitriles is 1. The van der Waals surface area contributed by atoms with Crippen LogP contribution in [0.5, 0.6) is 0 Å². The first kappa shape index (κ1) is 14.5. The molecule has 0 amide bonds. The van der Waals surface area contributed by atoms with Gasteiger partial charge in [-0.05, 0) is 12.8 Å². The van der Waals surface area contributed by atoms with Crippen LogP contribution in [-0.2, 0) is 0 Å². The maximum Gasteiger partial charge on any atom is 0.140 e. The fourth-order valence-corrected chi connectivity index (χ4v) is 1.71. The number of nitrogens with zero attached hydrogens (tertiary/aromatic N) is 1. The molecule has 15 heavy (non-hydrogen) atoms. The average molecular weight is 211 g/mol. The van der Waals surface area contributed by atoms with Crippen molar-refractivity contribution in [3.05, 3.63) is 0 Å². The summed E-state index contributed by atoms with van der Waals surface area (Å²) in [5.41, 5.74) is 0. The van der Waals surface area contributed by atoms with Crippen molar-refractivity contribution < 1.29 is 5.11 Å². The van der Waals surface area contributed by atoms with Gasteiger partial charge in [0.1, 0.15) is 6.10 Å². The first-order valence-corrected chi connectivity index (χ1v) is 6.39. The minimum absolute atomic E-state index is 0.645. The van der Waals surface area contributed by atoms with Crippen LogP contribution in [0.4, 0.5) is 0 Å². The van der Waals surface area contributed by atoms with Crippen molar-refractivity contribution in [2.24, 2.45) is 0 Å². The molecule has 0 heterocycles. The zero-order chi connectivity index (χ0) is 11.4. The van der Waals surface area contributed by atoms with E-state index >= 15 is 0 Å². The smallest absolute Gasteiger partial charge is 0.140 e. The quantitative estimate of drug-likeness (QED) is 0.441. The second-order valence-electron chi connectivity index (χ2n) is 4.26. The van der Waals surface area contributed by atoms with Crippen molar-refractivity contribution in [3.63, 3.8) is 0 Å². The van der Waals surface area contributed by atoms with Gasteiger partial charge < -0.3 is 5.11 Å². The molecule has 0 saturated heterocycles. The highest BCUT2D eigenvalue weighted by atomic mass is 16.3. The maximum absolute atomic E-state index is 9.00. The lowest BCUT2D eigenvalue weighted by Crippen LogP contribution is -2.01. The normalized spacial score (nSPS) is 12.3. The van der Waals surface area contributed by atoms with E-state index in [-0.39, 0.29) is 0 Å². The van der Waals surface area contributed by atoms with Gasteiger partial charge in [-0.1, -0.05) is 58.3 Å². The van der Waals surface area contributed by atoms with E-state index in [1.165, 1.54) is 44.9 Å². The Balaban J connectivity index is 2.96. The number of rotatable bonds is 10. The van der Waals surface area contributed by atoms with Crippen molar-refractivity contribution in [2.45, 2.75) is 77.2 Å². The second kappa shape index (κ2) is 11.5. The van der Waals surface area contributed by atoms with Crippen molar-refractivity contribution in [3.8, 4) is 6.07 Å². The topological polar surface area (TPSA) is 44.0 Å². The van der Waals surface area contributed by atoms with Crippen LogP contribution in [0.15, 0.2) is 0 Å². The van der Waals surface area contributed by atoms with Crippen LogP contribution in [0, 0.1) is 11.3 Å². The molecule has 0 saturated carbocycles.